The van der Waals surface area contributed by atoms with Gasteiger partial charge < -0.3 is 10.5 Å². The molecule has 0 aromatic heterocycles. The van der Waals surface area contributed by atoms with Gasteiger partial charge in [-0.15, -0.1) is 5.06 Å². The van der Waals surface area contributed by atoms with Gasteiger partial charge in [-0.1, -0.05) is 0 Å². The maximum atomic E-state index is 11.2. The van der Waals surface area contributed by atoms with Crippen LogP contribution in [0.15, 0.2) is 17.0 Å². The van der Waals surface area contributed by atoms with Gasteiger partial charge in [-0.2, -0.15) is 0 Å². The third-order valence-electron chi connectivity index (χ3n) is 1.58. The van der Waals surface area contributed by atoms with Crippen molar-refractivity contribution in [2.45, 2.75) is 13.8 Å². The van der Waals surface area contributed by atoms with Gasteiger partial charge in [-0.05, 0) is 13.8 Å². The molecule has 1 atom stereocenters. The van der Waals surface area contributed by atoms with Gasteiger partial charge in [0.2, 0.25) is 0 Å². The van der Waals surface area contributed by atoms with Crippen molar-refractivity contribution in [3.05, 3.63) is 17.2 Å². The lowest BCUT2D eigenvalue weighted by Gasteiger charge is -2.15. The van der Waals surface area contributed by atoms with E-state index < -0.39 is 0 Å². The summed E-state index contributed by atoms with van der Waals surface area (Å²) in [5.41, 5.74) is 0. The van der Waals surface area contributed by atoms with E-state index in [2.05, 4.69) is 10.3 Å². The normalized spacial score (nSPS) is 25.2. The average Bonchev–Trinajstić information content (AvgIpc) is 2.34. The highest BCUT2D eigenvalue weighted by Gasteiger charge is 2.27. The molecule has 1 aliphatic heterocycles. The third-order valence-corrected chi connectivity index (χ3v) is 1.58. The summed E-state index contributed by atoms with van der Waals surface area (Å²) in [4.78, 5) is 3.87. The van der Waals surface area contributed by atoms with E-state index in [0.717, 1.165) is 5.06 Å². The lowest BCUT2D eigenvalue weighted by atomic mass is 10.6. The molecule has 3 N–H and O–H groups in total. The zero-order valence-corrected chi connectivity index (χ0v) is 7.74. The van der Waals surface area contributed by atoms with E-state index in [9.17, 15) is 10.4 Å². The van der Waals surface area contributed by atoms with E-state index >= 15 is 0 Å². The zero-order chi connectivity index (χ0) is 9.84. The largest absolute Gasteiger partial charge is 0.621 e. The number of hydroxylamine groups is 4. The second-order valence-corrected chi connectivity index (χ2v) is 2.53. The van der Waals surface area contributed by atoms with Crippen LogP contribution in [0, 0.1) is 5.21 Å². The second-order valence-electron chi connectivity index (χ2n) is 2.53. The van der Waals surface area contributed by atoms with E-state index in [1.54, 1.807) is 6.92 Å². The van der Waals surface area contributed by atoms with Crippen LogP contribution in [-0.2, 0) is 0 Å². The Morgan fingerprint density at radius 1 is 1.69 bits per heavy atom. The van der Waals surface area contributed by atoms with Crippen LogP contribution in [0.4, 0.5) is 0 Å². The van der Waals surface area contributed by atoms with Crippen molar-refractivity contribution in [1.29, 1.82) is 0 Å². The zero-order valence-electron chi connectivity index (χ0n) is 7.74. The lowest BCUT2D eigenvalue weighted by molar-refractivity contribution is -0.686. The number of nitrogens with one attached hydrogen (secondary N) is 2. The van der Waals surface area contributed by atoms with Crippen LogP contribution in [0.1, 0.15) is 13.8 Å². The molecule has 0 radical (unpaired) electrons. The molecule has 1 aliphatic rings. The van der Waals surface area contributed by atoms with Gasteiger partial charge in [-0.3, -0.25) is 10.3 Å². The van der Waals surface area contributed by atoms with Crippen LogP contribution in [0.25, 0.3) is 0 Å². The smallest absolute Gasteiger partial charge is 0.334 e. The molecule has 0 bridgehead atoms. The molecule has 6 nitrogen and oxygen atoms in total. The highest BCUT2D eigenvalue weighted by atomic mass is 16.6. The standard InChI is InChI=1S/C7H14N4O2/c1-3-8-6-5-10(12)7(9-4-2)11(6)13/h5,8,10,13H,3-4H2,1-2H3. The Bertz CT molecular complexity index is 239. The van der Waals surface area contributed by atoms with Gasteiger partial charge in [-0.25, -0.2) is 4.99 Å². The molecule has 0 aliphatic carbocycles. The Morgan fingerprint density at radius 3 is 2.92 bits per heavy atom. The number of nitrogens with zero attached hydrogens (tertiary/aromatic N) is 2. The van der Waals surface area contributed by atoms with Crippen LogP contribution < -0.4 is 10.4 Å². The second kappa shape index (κ2) is 4.22. The minimum atomic E-state index is -0.264. The van der Waals surface area contributed by atoms with Crippen molar-refractivity contribution in [1.82, 2.24) is 10.4 Å². The van der Waals surface area contributed by atoms with Crippen molar-refractivity contribution < 1.29 is 10.3 Å². The summed E-state index contributed by atoms with van der Waals surface area (Å²) in [5, 5.41) is 24.0. The molecule has 0 saturated heterocycles. The molecule has 0 fully saturated rings. The van der Waals surface area contributed by atoms with Crippen molar-refractivity contribution in [2.75, 3.05) is 13.1 Å². The molecule has 13 heavy (non-hydrogen) atoms. The third kappa shape index (κ3) is 1.97. The molecule has 1 unspecified atom stereocenters. The van der Waals surface area contributed by atoms with Crippen LogP contribution in [0.2, 0.25) is 0 Å². The first-order valence-corrected chi connectivity index (χ1v) is 4.24. The van der Waals surface area contributed by atoms with E-state index in [0.29, 0.717) is 18.9 Å². The fraction of sp³-hybridized carbons (Fsp3) is 0.571. The maximum absolute atomic E-state index is 11.2. The van der Waals surface area contributed by atoms with Crippen LogP contribution >= 0.6 is 0 Å². The van der Waals surface area contributed by atoms with E-state index in [-0.39, 0.29) is 11.0 Å². The molecule has 74 valence electrons. The molecule has 0 aromatic rings. The minimum Gasteiger partial charge on any atom is -0.621 e. The fourth-order valence-corrected chi connectivity index (χ4v) is 1.07. The molecule has 0 amide bonds. The van der Waals surface area contributed by atoms with Gasteiger partial charge in [0, 0.05) is 13.1 Å². The summed E-state index contributed by atoms with van der Waals surface area (Å²) >= 11 is 0. The van der Waals surface area contributed by atoms with E-state index in [4.69, 9.17) is 0 Å². The van der Waals surface area contributed by atoms with Gasteiger partial charge in [0.1, 0.15) is 6.20 Å². The Labute approximate surface area is 76.7 Å². The molecule has 1 heterocycles. The van der Waals surface area contributed by atoms with Crippen molar-refractivity contribution in [3.63, 3.8) is 0 Å². The number of hydrogen-bond donors (Lipinski definition) is 3. The van der Waals surface area contributed by atoms with Crippen molar-refractivity contribution in [2.24, 2.45) is 4.99 Å². The highest BCUT2D eigenvalue weighted by molar-refractivity contribution is 5.74. The Balaban J connectivity index is 2.73. The van der Waals surface area contributed by atoms with Crippen molar-refractivity contribution in [3.8, 4) is 0 Å². The van der Waals surface area contributed by atoms with E-state index in [1.165, 1.54) is 6.20 Å². The van der Waals surface area contributed by atoms with Crippen LogP contribution in [0.3, 0.4) is 0 Å². The summed E-state index contributed by atoms with van der Waals surface area (Å²) < 4.78 is 0. The first-order chi connectivity index (χ1) is 6.20. The summed E-state index contributed by atoms with van der Waals surface area (Å²) in [6.07, 6.45) is 1.33. The van der Waals surface area contributed by atoms with Crippen LogP contribution in [-0.4, -0.2) is 29.3 Å². The van der Waals surface area contributed by atoms with Gasteiger partial charge >= 0.3 is 5.96 Å². The predicted molar refractivity (Wildman–Crippen MR) is 47.7 cm³/mol. The first kappa shape index (κ1) is 9.97. The maximum Gasteiger partial charge on any atom is 0.334 e. The number of rotatable bonds is 3. The number of quaternary nitrogens is 1. The molecule has 0 saturated carbocycles. The summed E-state index contributed by atoms with van der Waals surface area (Å²) in [6, 6.07) is 0. The molecule has 1 rings (SSSR count). The minimum absolute atomic E-state index is 0.0819. The monoisotopic (exact) mass is 186 g/mol. The first-order valence-electron chi connectivity index (χ1n) is 4.24. The Morgan fingerprint density at radius 2 is 2.38 bits per heavy atom. The molecule has 0 aromatic carbocycles. The predicted octanol–water partition coefficient (Wildman–Crippen LogP) is -1.14. The van der Waals surface area contributed by atoms with Crippen LogP contribution in [0.5, 0.6) is 0 Å². The Hall–Kier alpha value is -1.11. The van der Waals surface area contributed by atoms with Gasteiger partial charge in [0.25, 0.3) is 0 Å². The Kier molecular flexibility index (Phi) is 3.24. The average molecular weight is 186 g/mol. The SMILES string of the molecule is CCN=C1N(O)C(NCC)=C[NH+]1[O-]. The fourth-order valence-electron chi connectivity index (χ4n) is 1.07. The van der Waals surface area contributed by atoms with Gasteiger partial charge in [0.15, 0.2) is 5.82 Å². The van der Waals surface area contributed by atoms with Gasteiger partial charge in [0.05, 0.1) is 0 Å². The quantitative estimate of drug-likeness (QED) is 0.487. The number of aliphatic imine (C=N–C) groups is 1. The van der Waals surface area contributed by atoms with Crippen molar-refractivity contribution >= 4 is 5.96 Å². The summed E-state index contributed by atoms with van der Waals surface area (Å²) in [5.74, 6) is 0.471. The summed E-state index contributed by atoms with van der Waals surface area (Å²) in [6.45, 7) is 4.81. The highest BCUT2D eigenvalue weighted by Crippen LogP contribution is 1.99. The molecule has 6 heteroatoms. The number of hydrogen-bond acceptors (Lipinski definition) is 4. The molecular formula is C7H14N4O2. The molecule has 0 spiro atoms. The summed E-state index contributed by atoms with van der Waals surface area (Å²) in [7, 11) is 0. The number of guanidine groups is 1. The van der Waals surface area contributed by atoms with E-state index in [1.807, 2.05) is 6.92 Å². The topological polar surface area (TPSA) is 75.4 Å². The molecular weight excluding hydrogens is 172 g/mol. The lowest BCUT2D eigenvalue weighted by Crippen LogP contribution is -3.05.